The van der Waals surface area contributed by atoms with E-state index in [0.717, 1.165) is 35.8 Å². The zero-order valence-electron chi connectivity index (χ0n) is 12.7. The molecule has 0 amide bonds. The van der Waals surface area contributed by atoms with Crippen molar-refractivity contribution in [3.63, 3.8) is 0 Å². The second-order valence-electron chi connectivity index (χ2n) is 5.90. The molecule has 112 valence electrons. The number of hydrogen-bond donors (Lipinski definition) is 1. The second-order valence-corrected chi connectivity index (χ2v) is 6.75. The molecule has 3 nitrogen and oxygen atoms in total. The summed E-state index contributed by atoms with van der Waals surface area (Å²) in [6, 6.07) is 6.76. The topological polar surface area (TPSA) is 24.5 Å². The lowest BCUT2D eigenvalue weighted by molar-refractivity contribution is 0.414. The predicted octanol–water partition coefficient (Wildman–Crippen LogP) is 3.67. The lowest BCUT2D eigenvalue weighted by Crippen LogP contribution is -2.38. The molecule has 0 aromatic heterocycles. The van der Waals surface area contributed by atoms with Crippen molar-refractivity contribution in [1.29, 1.82) is 0 Å². The van der Waals surface area contributed by atoms with Gasteiger partial charge in [0.2, 0.25) is 0 Å². The van der Waals surface area contributed by atoms with E-state index in [-0.39, 0.29) is 0 Å². The van der Waals surface area contributed by atoms with Crippen molar-refractivity contribution in [2.75, 3.05) is 31.6 Å². The standard InChI is InChI=1S/C16H25BrN2O/c1-12(2)9-13-11-19(8-4-7-18-13)16-10-14(20-3)5-6-15(16)17/h5-6,10,12-13,18H,4,7-9,11H2,1-3H3. The number of rotatable bonds is 4. The van der Waals surface area contributed by atoms with E-state index in [9.17, 15) is 0 Å². The van der Waals surface area contributed by atoms with Crippen molar-refractivity contribution in [1.82, 2.24) is 5.32 Å². The van der Waals surface area contributed by atoms with Crippen molar-refractivity contribution in [3.05, 3.63) is 22.7 Å². The SMILES string of the molecule is COc1ccc(Br)c(N2CCCNC(CC(C)C)C2)c1. The molecule has 4 heteroatoms. The van der Waals surface area contributed by atoms with Crippen LogP contribution in [0.15, 0.2) is 22.7 Å². The Morgan fingerprint density at radius 1 is 1.45 bits per heavy atom. The number of benzene rings is 1. The van der Waals surface area contributed by atoms with Crippen LogP contribution in [0.1, 0.15) is 26.7 Å². The van der Waals surface area contributed by atoms with Crippen LogP contribution in [0.3, 0.4) is 0 Å². The molecule has 1 unspecified atom stereocenters. The van der Waals surface area contributed by atoms with Crippen molar-refractivity contribution in [3.8, 4) is 5.75 Å². The largest absolute Gasteiger partial charge is 0.497 e. The van der Waals surface area contributed by atoms with Crippen LogP contribution < -0.4 is 15.0 Å². The zero-order valence-corrected chi connectivity index (χ0v) is 14.2. The minimum Gasteiger partial charge on any atom is -0.497 e. The van der Waals surface area contributed by atoms with Crippen LogP contribution in [0.4, 0.5) is 5.69 Å². The van der Waals surface area contributed by atoms with Crippen molar-refractivity contribution in [2.24, 2.45) is 5.92 Å². The van der Waals surface area contributed by atoms with Crippen LogP contribution in [0, 0.1) is 5.92 Å². The first-order chi connectivity index (χ1) is 9.60. The molecule has 0 bridgehead atoms. The van der Waals surface area contributed by atoms with E-state index >= 15 is 0 Å². The molecule has 1 aliphatic rings. The Hall–Kier alpha value is -0.740. The third-order valence-corrected chi connectivity index (χ3v) is 4.40. The number of halogens is 1. The van der Waals surface area contributed by atoms with E-state index in [2.05, 4.69) is 52.1 Å². The molecule has 1 saturated heterocycles. The molecule has 2 rings (SSSR count). The van der Waals surface area contributed by atoms with Crippen LogP contribution >= 0.6 is 15.9 Å². The van der Waals surface area contributed by atoms with Gasteiger partial charge in [-0.25, -0.2) is 0 Å². The van der Waals surface area contributed by atoms with Crippen LogP contribution in [0.2, 0.25) is 0 Å². The second kappa shape index (κ2) is 7.32. The van der Waals surface area contributed by atoms with Gasteiger partial charge in [-0.3, -0.25) is 0 Å². The summed E-state index contributed by atoms with van der Waals surface area (Å²) in [7, 11) is 1.72. The van der Waals surface area contributed by atoms with E-state index in [1.807, 2.05) is 6.07 Å². The molecule has 0 radical (unpaired) electrons. The quantitative estimate of drug-likeness (QED) is 0.904. The van der Waals surface area contributed by atoms with E-state index in [1.54, 1.807) is 7.11 Å². The van der Waals surface area contributed by atoms with E-state index < -0.39 is 0 Å². The minimum absolute atomic E-state index is 0.565. The summed E-state index contributed by atoms with van der Waals surface area (Å²) in [6.07, 6.45) is 2.40. The summed E-state index contributed by atoms with van der Waals surface area (Å²) in [6.45, 7) is 7.84. The third-order valence-electron chi connectivity index (χ3n) is 3.73. The van der Waals surface area contributed by atoms with Gasteiger partial charge in [0.05, 0.1) is 12.8 Å². The van der Waals surface area contributed by atoms with Crippen LogP contribution in [-0.4, -0.2) is 32.8 Å². The summed E-state index contributed by atoms with van der Waals surface area (Å²) in [5, 5.41) is 3.67. The number of methoxy groups -OCH3 is 1. The molecule has 1 aromatic rings. The molecule has 1 fully saturated rings. The maximum absolute atomic E-state index is 5.36. The van der Waals surface area contributed by atoms with Crippen LogP contribution in [0.25, 0.3) is 0 Å². The normalized spacial score (nSPS) is 20.1. The van der Waals surface area contributed by atoms with Crippen molar-refractivity contribution < 1.29 is 4.74 Å². The molecular weight excluding hydrogens is 316 g/mol. The zero-order chi connectivity index (χ0) is 14.5. The summed E-state index contributed by atoms with van der Waals surface area (Å²) in [4.78, 5) is 2.47. The Morgan fingerprint density at radius 2 is 2.25 bits per heavy atom. The highest BCUT2D eigenvalue weighted by atomic mass is 79.9. The molecular formula is C16H25BrN2O. The molecule has 1 aliphatic heterocycles. The number of nitrogens with one attached hydrogen (secondary N) is 1. The maximum Gasteiger partial charge on any atom is 0.121 e. The molecule has 0 saturated carbocycles. The van der Waals surface area contributed by atoms with Crippen LogP contribution in [-0.2, 0) is 0 Å². The van der Waals surface area contributed by atoms with Gasteiger partial charge < -0.3 is 15.0 Å². The smallest absolute Gasteiger partial charge is 0.121 e. The fourth-order valence-corrected chi connectivity index (χ4v) is 3.30. The summed E-state index contributed by atoms with van der Waals surface area (Å²) in [5.74, 6) is 1.64. The fourth-order valence-electron chi connectivity index (χ4n) is 2.81. The first-order valence-electron chi connectivity index (χ1n) is 7.42. The highest BCUT2D eigenvalue weighted by Crippen LogP contribution is 2.31. The Morgan fingerprint density at radius 3 is 2.95 bits per heavy atom. The maximum atomic E-state index is 5.36. The van der Waals surface area contributed by atoms with Gasteiger partial charge in [-0.2, -0.15) is 0 Å². The average Bonchev–Trinajstić information content (AvgIpc) is 2.64. The Kier molecular flexibility index (Phi) is 5.73. The molecule has 0 aliphatic carbocycles. The predicted molar refractivity (Wildman–Crippen MR) is 88.8 cm³/mol. The van der Waals surface area contributed by atoms with E-state index in [1.165, 1.54) is 18.5 Å². The molecule has 0 spiro atoms. The fraction of sp³-hybridized carbons (Fsp3) is 0.625. The van der Waals surface area contributed by atoms with Gasteiger partial charge in [0.1, 0.15) is 5.75 Å². The number of nitrogens with zero attached hydrogens (tertiary/aromatic N) is 1. The Labute approximate surface area is 130 Å². The van der Waals surface area contributed by atoms with Gasteiger partial charge in [-0.1, -0.05) is 13.8 Å². The Bertz CT molecular complexity index is 436. The highest BCUT2D eigenvalue weighted by molar-refractivity contribution is 9.10. The molecule has 1 aromatic carbocycles. The summed E-state index contributed by atoms with van der Waals surface area (Å²) in [5.41, 5.74) is 1.24. The summed E-state index contributed by atoms with van der Waals surface area (Å²) < 4.78 is 6.50. The van der Waals surface area contributed by atoms with Gasteiger partial charge in [0.15, 0.2) is 0 Å². The molecule has 1 atom stereocenters. The van der Waals surface area contributed by atoms with Crippen molar-refractivity contribution in [2.45, 2.75) is 32.7 Å². The lowest BCUT2D eigenvalue weighted by Gasteiger charge is -2.28. The third kappa shape index (κ3) is 4.13. The van der Waals surface area contributed by atoms with Gasteiger partial charge in [-0.15, -0.1) is 0 Å². The minimum atomic E-state index is 0.565. The number of hydrogen-bond acceptors (Lipinski definition) is 3. The molecule has 1 N–H and O–H groups in total. The number of anilines is 1. The Balaban J connectivity index is 2.17. The van der Waals surface area contributed by atoms with Crippen LogP contribution in [0.5, 0.6) is 5.75 Å². The number of ether oxygens (including phenoxy) is 1. The first-order valence-corrected chi connectivity index (χ1v) is 8.21. The molecule has 20 heavy (non-hydrogen) atoms. The van der Waals surface area contributed by atoms with Gasteiger partial charge in [0, 0.05) is 29.7 Å². The lowest BCUT2D eigenvalue weighted by atomic mass is 10.0. The van der Waals surface area contributed by atoms with E-state index in [0.29, 0.717) is 6.04 Å². The van der Waals surface area contributed by atoms with Gasteiger partial charge in [-0.05, 0) is 53.4 Å². The van der Waals surface area contributed by atoms with Gasteiger partial charge >= 0.3 is 0 Å². The highest BCUT2D eigenvalue weighted by Gasteiger charge is 2.20. The van der Waals surface area contributed by atoms with E-state index in [4.69, 9.17) is 4.74 Å². The van der Waals surface area contributed by atoms with Gasteiger partial charge in [0.25, 0.3) is 0 Å². The average molecular weight is 341 g/mol. The monoisotopic (exact) mass is 340 g/mol. The first kappa shape index (κ1) is 15.6. The molecule has 1 heterocycles. The summed E-state index contributed by atoms with van der Waals surface area (Å²) >= 11 is 3.67. The van der Waals surface area contributed by atoms with Crippen molar-refractivity contribution >= 4 is 21.6 Å².